The van der Waals surface area contributed by atoms with Crippen molar-refractivity contribution in [1.82, 2.24) is 14.1 Å². The third-order valence-corrected chi connectivity index (χ3v) is 11.3. The van der Waals surface area contributed by atoms with Gasteiger partial charge in [-0.1, -0.05) is 109 Å². The van der Waals surface area contributed by atoms with E-state index >= 15 is 0 Å². The summed E-state index contributed by atoms with van der Waals surface area (Å²) < 4.78 is 7.34. The summed E-state index contributed by atoms with van der Waals surface area (Å²) in [5, 5.41) is 7.37. The van der Waals surface area contributed by atoms with E-state index in [1.807, 2.05) is 11.3 Å². The van der Waals surface area contributed by atoms with E-state index in [1.54, 1.807) is 0 Å². The highest BCUT2D eigenvalue weighted by atomic mass is 32.1. The van der Waals surface area contributed by atoms with Crippen molar-refractivity contribution in [3.8, 4) is 22.5 Å². The molecule has 0 radical (unpaired) electrons. The first-order chi connectivity index (χ1) is 24.3. The van der Waals surface area contributed by atoms with E-state index in [-0.39, 0.29) is 0 Å². The zero-order chi connectivity index (χ0) is 32.1. The van der Waals surface area contributed by atoms with Crippen LogP contribution in [-0.4, -0.2) is 14.1 Å². The van der Waals surface area contributed by atoms with Crippen molar-refractivity contribution in [2.75, 3.05) is 0 Å². The molecule has 49 heavy (non-hydrogen) atoms. The van der Waals surface area contributed by atoms with Crippen LogP contribution in [0.1, 0.15) is 0 Å². The van der Waals surface area contributed by atoms with E-state index in [0.29, 0.717) is 0 Å². The van der Waals surface area contributed by atoms with Gasteiger partial charge in [0.05, 0.1) is 43.5 Å². The second-order valence-corrected chi connectivity index (χ2v) is 13.8. The molecule has 0 bridgehead atoms. The van der Waals surface area contributed by atoms with Crippen LogP contribution >= 0.6 is 11.3 Å². The smallest absolute Gasteiger partial charge is 0.0917 e. The molecule has 228 valence electrons. The summed E-state index contributed by atoms with van der Waals surface area (Å²) in [7, 11) is 0. The van der Waals surface area contributed by atoms with Gasteiger partial charge in [-0.25, -0.2) is 4.98 Å². The minimum absolute atomic E-state index is 1.01. The summed E-state index contributed by atoms with van der Waals surface area (Å²) in [6, 6.07) is 59.4. The molecule has 0 aliphatic carbocycles. The van der Waals surface area contributed by atoms with E-state index in [2.05, 4.69) is 173 Å². The van der Waals surface area contributed by atoms with Gasteiger partial charge in [-0.15, -0.1) is 11.3 Å². The molecule has 0 fully saturated rings. The van der Waals surface area contributed by atoms with Crippen molar-refractivity contribution in [2.24, 2.45) is 0 Å². The number of hydrogen-bond acceptors (Lipinski definition) is 2. The third kappa shape index (κ3) is 3.80. The molecule has 7 aromatic carbocycles. The SMILES string of the molecule is c1ccc(-n2c3ccccc3c3cc(-c4ccc5c6ccccc6n(-c6c7ccccc7nc7c6sc6ccccc67)c5c4)ccc32)cc1. The zero-order valence-electron chi connectivity index (χ0n) is 26.3. The summed E-state index contributed by atoms with van der Waals surface area (Å²) in [6.07, 6.45) is 0. The van der Waals surface area contributed by atoms with Crippen LogP contribution in [0.4, 0.5) is 0 Å². The number of para-hydroxylation sites is 4. The van der Waals surface area contributed by atoms with Crippen LogP contribution in [0.3, 0.4) is 0 Å². The number of hydrogen-bond donors (Lipinski definition) is 0. The first-order valence-electron chi connectivity index (χ1n) is 16.6. The Balaban J connectivity index is 1.21. The Morgan fingerprint density at radius 2 is 1.00 bits per heavy atom. The molecule has 0 saturated heterocycles. The van der Waals surface area contributed by atoms with Gasteiger partial charge in [-0.2, -0.15) is 0 Å². The summed E-state index contributed by atoms with van der Waals surface area (Å²) in [5.74, 6) is 0. The molecule has 11 aromatic rings. The molecule has 0 unspecified atom stereocenters. The highest BCUT2D eigenvalue weighted by molar-refractivity contribution is 7.26. The van der Waals surface area contributed by atoms with Crippen LogP contribution in [-0.2, 0) is 0 Å². The molecule has 4 aromatic heterocycles. The summed E-state index contributed by atoms with van der Waals surface area (Å²) in [6.45, 7) is 0. The van der Waals surface area contributed by atoms with E-state index in [1.165, 1.54) is 80.9 Å². The standard InChI is InChI=1S/C45H27N3S/c1-2-12-30(13-3-1)47-38-19-9-6-15-32(38)36-26-28(23-25-40(36)47)29-22-24-33-31-14-5-10-20-39(31)48(41(33)27-29)44-34-16-4-8-18-37(34)46-43-35-17-7-11-21-42(35)49-45(43)44/h1-27H. The first-order valence-corrected chi connectivity index (χ1v) is 17.5. The lowest BCUT2D eigenvalue weighted by atomic mass is 10.0. The lowest BCUT2D eigenvalue weighted by molar-refractivity contribution is 1.18. The van der Waals surface area contributed by atoms with Gasteiger partial charge in [-0.05, 0) is 65.7 Å². The minimum atomic E-state index is 1.01. The van der Waals surface area contributed by atoms with Crippen LogP contribution < -0.4 is 0 Å². The number of aromatic nitrogens is 3. The van der Waals surface area contributed by atoms with E-state index in [0.717, 1.165) is 16.4 Å². The topological polar surface area (TPSA) is 22.8 Å². The Bertz CT molecular complexity index is 3110. The van der Waals surface area contributed by atoms with Gasteiger partial charge in [0.15, 0.2) is 0 Å². The van der Waals surface area contributed by atoms with E-state index < -0.39 is 0 Å². The normalized spacial score (nSPS) is 12.1. The molecule has 0 atom stereocenters. The second kappa shape index (κ2) is 10.1. The molecule has 0 aliphatic rings. The quantitative estimate of drug-likeness (QED) is 0.188. The lowest BCUT2D eigenvalue weighted by Crippen LogP contribution is -1.97. The van der Waals surface area contributed by atoms with Crippen LogP contribution in [0.25, 0.3) is 97.3 Å². The monoisotopic (exact) mass is 641 g/mol. The molecule has 11 rings (SSSR count). The summed E-state index contributed by atoms with van der Waals surface area (Å²) >= 11 is 1.84. The average molecular weight is 642 g/mol. The molecule has 0 aliphatic heterocycles. The van der Waals surface area contributed by atoms with Crippen molar-refractivity contribution in [1.29, 1.82) is 0 Å². The Labute approximate surface area is 285 Å². The van der Waals surface area contributed by atoms with Gasteiger partial charge in [0.25, 0.3) is 0 Å². The fourth-order valence-corrected chi connectivity index (χ4v) is 9.13. The molecule has 0 N–H and O–H groups in total. The Morgan fingerprint density at radius 1 is 0.408 bits per heavy atom. The number of pyridine rings is 1. The molecule has 0 saturated carbocycles. The summed E-state index contributed by atoms with van der Waals surface area (Å²) in [5.41, 5.74) is 11.7. The zero-order valence-corrected chi connectivity index (χ0v) is 27.2. The second-order valence-electron chi connectivity index (χ2n) is 12.8. The van der Waals surface area contributed by atoms with Crippen LogP contribution in [0.15, 0.2) is 164 Å². The predicted octanol–water partition coefficient (Wildman–Crippen LogP) is 12.5. The van der Waals surface area contributed by atoms with Crippen molar-refractivity contribution >= 4 is 86.2 Å². The maximum absolute atomic E-state index is 5.23. The van der Waals surface area contributed by atoms with E-state index in [9.17, 15) is 0 Å². The number of fused-ring (bicyclic) bond motifs is 10. The fraction of sp³-hybridized carbons (Fsp3) is 0. The van der Waals surface area contributed by atoms with Crippen LogP contribution in [0, 0.1) is 0 Å². The van der Waals surface area contributed by atoms with Gasteiger partial charge >= 0.3 is 0 Å². The first kappa shape index (κ1) is 26.8. The molecule has 0 spiro atoms. The lowest BCUT2D eigenvalue weighted by Gasteiger charge is -2.13. The Morgan fingerprint density at radius 3 is 1.84 bits per heavy atom. The van der Waals surface area contributed by atoms with Gasteiger partial charge < -0.3 is 9.13 Å². The Kier molecular flexibility index (Phi) is 5.54. The molecular weight excluding hydrogens is 615 g/mol. The van der Waals surface area contributed by atoms with Crippen molar-refractivity contribution < 1.29 is 0 Å². The van der Waals surface area contributed by atoms with Crippen LogP contribution in [0.5, 0.6) is 0 Å². The molecule has 3 nitrogen and oxygen atoms in total. The van der Waals surface area contributed by atoms with E-state index in [4.69, 9.17) is 4.98 Å². The largest absolute Gasteiger partial charge is 0.309 e. The maximum atomic E-state index is 5.23. The number of thiophene rings is 1. The highest BCUT2D eigenvalue weighted by Gasteiger charge is 2.21. The third-order valence-electron chi connectivity index (χ3n) is 10.1. The summed E-state index contributed by atoms with van der Waals surface area (Å²) in [4.78, 5) is 5.23. The van der Waals surface area contributed by atoms with Gasteiger partial charge in [0.1, 0.15) is 0 Å². The highest BCUT2D eigenvalue weighted by Crippen LogP contribution is 2.44. The predicted molar refractivity (Wildman–Crippen MR) is 209 cm³/mol. The minimum Gasteiger partial charge on any atom is -0.309 e. The van der Waals surface area contributed by atoms with Gasteiger partial charge in [0.2, 0.25) is 0 Å². The maximum Gasteiger partial charge on any atom is 0.0917 e. The van der Waals surface area contributed by atoms with Crippen molar-refractivity contribution in [3.05, 3.63) is 164 Å². The number of benzene rings is 7. The Hall–Kier alpha value is -6.23. The van der Waals surface area contributed by atoms with Gasteiger partial charge in [0, 0.05) is 42.7 Å². The van der Waals surface area contributed by atoms with Crippen molar-refractivity contribution in [2.45, 2.75) is 0 Å². The molecular formula is C45H27N3S. The fourth-order valence-electron chi connectivity index (χ4n) is 7.94. The number of rotatable bonds is 3. The average Bonchev–Trinajstić information content (AvgIpc) is 3.81. The van der Waals surface area contributed by atoms with Crippen molar-refractivity contribution in [3.63, 3.8) is 0 Å². The molecule has 4 heteroatoms. The van der Waals surface area contributed by atoms with Crippen LogP contribution in [0.2, 0.25) is 0 Å². The molecule has 4 heterocycles. The number of nitrogens with zero attached hydrogens (tertiary/aromatic N) is 3. The van der Waals surface area contributed by atoms with Gasteiger partial charge in [-0.3, -0.25) is 0 Å². The molecule has 0 amide bonds.